The second kappa shape index (κ2) is 8.73. The molecular formula is C22H23N3O5S. The number of nitrogens with one attached hydrogen (secondary N) is 1. The van der Waals surface area contributed by atoms with Gasteiger partial charge >= 0.3 is 5.97 Å². The molecule has 162 valence electrons. The van der Waals surface area contributed by atoms with Gasteiger partial charge in [0.25, 0.3) is 0 Å². The van der Waals surface area contributed by atoms with E-state index in [1.165, 1.54) is 31.2 Å². The average Bonchev–Trinajstić information content (AvgIpc) is 3.01. The lowest BCUT2D eigenvalue weighted by atomic mass is 10.1. The van der Waals surface area contributed by atoms with Crippen molar-refractivity contribution in [1.82, 2.24) is 9.78 Å². The summed E-state index contributed by atoms with van der Waals surface area (Å²) < 4.78 is 32.0. The van der Waals surface area contributed by atoms with Crippen LogP contribution in [0, 0.1) is 13.8 Å². The Balaban J connectivity index is 1.75. The van der Waals surface area contributed by atoms with Gasteiger partial charge in [-0.2, -0.15) is 5.10 Å². The molecule has 0 amide bonds. The second-order valence-corrected chi connectivity index (χ2v) is 8.90. The number of anilines is 1. The molecule has 31 heavy (non-hydrogen) atoms. The van der Waals surface area contributed by atoms with Crippen LogP contribution in [0.2, 0.25) is 0 Å². The van der Waals surface area contributed by atoms with Crippen LogP contribution in [0.3, 0.4) is 0 Å². The van der Waals surface area contributed by atoms with E-state index >= 15 is 0 Å². The van der Waals surface area contributed by atoms with Crippen LogP contribution in [0.5, 0.6) is 0 Å². The second-order valence-electron chi connectivity index (χ2n) is 7.16. The van der Waals surface area contributed by atoms with Crippen molar-refractivity contribution in [2.75, 3.05) is 11.0 Å². The van der Waals surface area contributed by atoms with Crippen molar-refractivity contribution in [2.24, 2.45) is 0 Å². The Kier molecular flexibility index (Phi) is 6.26. The van der Waals surface area contributed by atoms with E-state index in [0.29, 0.717) is 28.2 Å². The Morgan fingerprint density at radius 1 is 1.03 bits per heavy atom. The molecule has 8 nitrogen and oxygen atoms in total. The van der Waals surface area contributed by atoms with E-state index in [9.17, 15) is 18.0 Å². The van der Waals surface area contributed by atoms with Gasteiger partial charge in [-0.3, -0.25) is 9.52 Å². The van der Waals surface area contributed by atoms with Gasteiger partial charge in [-0.15, -0.1) is 0 Å². The van der Waals surface area contributed by atoms with E-state index in [2.05, 4.69) is 9.82 Å². The van der Waals surface area contributed by atoms with Crippen molar-refractivity contribution >= 4 is 27.5 Å². The minimum atomic E-state index is -3.41. The van der Waals surface area contributed by atoms with Gasteiger partial charge in [0.1, 0.15) is 5.56 Å². The maximum Gasteiger partial charge on any atom is 0.342 e. The molecule has 0 unspecified atom stereocenters. The van der Waals surface area contributed by atoms with Gasteiger partial charge < -0.3 is 4.74 Å². The molecule has 0 saturated carbocycles. The molecule has 1 heterocycles. The third kappa shape index (κ3) is 5.18. The van der Waals surface area contributed by atoms with Gasteiger partial charge in [-0.1, -0.05) is 18.2 Å². The summed E-state index contributed by atoms with van der Waals surface area (Å²) >= 11 is 0. The molecule has 1 aromatic heterocycles. The van der Waals surface area contributed by atoms with Crippen LogP contribution in [0.25, 0.3) is 5.69 Å². The minimum Gasteiger partial charge on any atom is -0.451 e. The monoisotopic (exact) mass is 441 g/mol. The van der Waals surface area contributed by atoms with Crippen LogP contribution >= 0.6 is 0 Å². The molecule has 3 rings (SSSR count). The zero-order valence-corrected chi connectivity index (χ0v) is 18.4. The topological polar surface area (TPSA) is 107 Å². The maximum absolute atomic E-state index is 12.8. The molecular weight excluding hydrogens is 418 g/mol. The Bertz CT molecular complexity index is 1220. The number of carbonyl (C=O) groups excluding carboxylic acids is 2. The van der Waals surface area contributed by atoms with Crippen LogP contribution in [-0.2, 0) is 14.8 Å². The Morgan fingerprint density at radius 2 is 1.65 bits per heavy atom. The molecule has 0 saturated heterocycles. The predicted molar refractivity (Wildman–Crippen MR) is 117 cm³/mol. The number of para-hydroxylation sites is 1. The van der Waals surface area contributed by atoms with Crippen LogP contribution in [0.4, 0.5) is 5.69 Å². The highest BCUT2D eigenvalue weighted by atomic mass is 32.2. The summed E-state index contributed by atoms with van der Waals surface area (Å²) in [5.74, 6) is -1.03. The van der Waals surface area contributed by atoms with E-state index in [1.807, 2.05) is 30.3 Å². The molecule has 1 N–H and O–H groups in total. The fourth-order valence-electron chi connectivity index (χ4n) is 3.18. The number of aryl methyl sites for hydroxylation is 1. The lowest BCUT2D eigenvalue weighted by Crippen LogP contribution is -2.25. The van der Waals surface area contributed by atoms with Gasteiger partial charge in [0.2, 0.25) is 15.8 Å². The Hall–Kier alpha value is -3.46. The number of carbonyl (C=O) groups is 2. The molecule has 1 atom stereocenters. The first-order valence-electron chi connectivity index (χ1n) is 9.51. The SMILES string of the molecule is Cc1nn(-c2ccccc2)c(C)c1C(=O)O[C@@H](C)C(=O)c1ccc(NS(C)(=O)=O)cc1. The quantitative estimate of drug-likeness (QED) is 0.445. The van der Waals surface area contributed by atoms with Crippen molar-refractivity contribution in [1.29, 1.82) is 0 Å². The first kappa shape index (κ1) is 22.2. The Morgan fingerprint density at radius 3 is 2.23 bits per heavy atom. The fraction of sp³-hybridized carbons (Fsp3) is 0.227. The number of hydrogen-bond acceptors (Lipinski definition) is 6. The maximum atomic E-state index is 12.8. The van der Waals surface area contributed by atoms with E-state index < -0.39 is 27.9 Å². The normalized spacial score (nSPS) is 12.3. The van der Waals surface area contributed by atoms with Crippen molar-refractivity contribution in [3.05, 3.63) is 77.1 Å². The number of ketones is 1. The third-order valence-electron chi connectivity index (χ3n) is 4.62. The number of ether oxygens (including phenoxy) is 1. The van der Waals surface area contributed by atoms with Crippen LogP contribution < -0.4 is 4.72 Å². The number of nitrogens with zero attached hydrogens (tertiary/aromatic N) is 2. The molecule has 0 radical (unpaired) electrons. The summed E-state index contributed by atoms with van der Waals surface area (Å²) in [4.78, 5) is 25.5. The molecule has 3 aromatic rings. The van der Waals surface area contributed by atoms with Crippen molar-refractivity contribution in [3.8, 4) is 5.69 Å². The summed E-state index contributed by atoms with van der Waals surface area (Å²) in [6.45, 7) is 4.97. The largest absolute Gasteiger partial charge is 0.451 e. The van der Waals surface area contributed by atoms with Crippen molar-refractivity contribution < 1.29 is 22.7 Å². The highest BCUT2D eigenvalue weighted by molar-refractivity contribution is 7.92. The molecule has 2 aromatic carbocycles. The predicted octanol–water partition coefficient (Wildman–Crippen LogP) is 3.29. The molecule has 0 aliphatic rings. The lowest BCUT2D eigenvalue weighted by molar-refractivity contribution is 0.0317. The van der Waals surface area contributed by atoms with Crippen molar-refractivity contribution in [3.63, 3.8) is 0 Å². The van der Waals surface area contributed by atoms with E-state index in [4.69, 9.17) is 4.74 Å². The number of esters is 1. The summed E-state index contributed by atoms with van der Waals surface area (Å²) in [5, 5.41) is 4.43. The lowest BCUT2D eigenvalue weighted by Gasteiger charge is -2.13. The zero-order chi connectivity index (χ0) is 22.8. The zero-order valence-electron chi connectivity index (χ0n) is 17.6. The van der Waals surface area contributed by atoms with Crippen molar-refractivity contribution in [2.45, 2.75) is 26.9 Å². The van der Waals surface area contributed by atoms with E-state index in [-0.39, 0.29) is 0 Å². The minimum absolute atomic E-state index is 0.299. The van der Waals surface area contributed by atoms with Gasteiger partial charge in [0.15, 0.2) is 6.10 Å². The number of sulfonamides is 1. The van der Waals surface area contributed by atoms with E-state index in [1.54, 1.807) is 18.5 Å². The van der Waals surface area contributed by atoms with Gasteiger partial charge in [0.05, 0.1) is 23.3 Å². The number of hydrogen-bond donors (Lipinski definition) is 1. The van der Waals surface area contributed by atoms with Crippen LogP contribution in [-0.4, -0.2) is 42.3 Å². The molecule has 9 heteroatoms. The average molecular weight is 442 g/mol. The first-order valence-corrected chi connectivity index (χ1v) is 11.4. The standard InChI is InChI=1S/C22H23N3O5S/c1-14-20(15(2)25(23-14)19-8-6-5-7-9-19)22(27)30-16(3)21(26)17-10-12-18(13-11-17)24-31(4,28)29/h5-13,16,24H,1-4H3/t16-/m0/s1. The molecule has 0 spiro atoms. The first-order chi connectivity index (χ1) is 14.6. The van der Waals surface area contributed by atoms with Gasteiger partial charge in [-0.25, -0.2) is 17.9 Å². The fourth-order valence-corrected chi connectivity index (χ4v) is 3.75. The molecule has 0 fully saturated rings. The van der Waals surface area contributed by atoms with Gasteiger partial charge in [-0.05, 0) is 57.2 Å². The van der Waals surface area contributed by atoms with Crippen LogP contribution in [0.15, 0.2) is 54.6 Å². The number of Topliss-reactive ketones (excluding diaryl/α,β-unsaturated/α-hetero) is 1. The summed E-state index contributed by atoms with van der Waals surface area (Å²) in [6.07, 6.45) is 0.0115. The molecule has 0 aliphatic heterocycles. The van der Waals surface area contributed by atoms with E-state index in [0.717, 1.165) is 11.9 Å². The summed E-state index contributed by atoms with van der Waals surface area (Å²) in [6, 6.07) is 15.3. The molecule has 0 bridgehead atoms. The molecule has 0 aliphatic carbocycles. The third-order valence-corrected chi connectivity index (χ3v) is 5.23. The smallest absolute Gasteiger partial charge is 0.342 e. The summed E-state index contributed by atoms with van der Waals surface area (Å²) in [5.41, 5.74) is 2.88. The number of aromatic nitrogens is 2. The van der Waals surface area contributed by atoms with Gasteiger partial charge in [0, 0.05) is 11.3 Å². The summed E-state index contributed by atoms with van der Waals surface area (Å²) in [7, 11) is -3.41. The number of benzene rings is 2. The highest BCUT2D eigenvalue weighted by Crippen LogP contribution is 2.20. The highest BCUT2D eigenvalue weighted by Gasteiger charge is 2.25. The number of rotatable bonds is 7. The Labute approximate surface area is 180 Å². The van der Waals surface area contributed by atoms with Crippen LogP contribution in [0.1, 0.15) is 39.0 Å².